The van der Waals surface area contributed by atoms with E-state index in [9.17, 15) is 9.90 Å². The Labute approximate surface area is 232 Å². The van der Waals surface area contributed by atoms with E-state index in [1.54, 1.807) is 54.7 Å². The first-order valence-electron chi connectivity index (χ1n) is 14.1. The van der Waals surface area contributed by atoms with E-state index in [-0.39, 0.29) is 5.75 Å². The fourth-order valence-corrected chi connectivity index (χ4v) is 3.93. The van der Waals surface area contributed by atoms with Crippen LogP contribution in [0.3, 0.4) is 0 Å². The number of ether oxygens (including phenoxy) is 3. The molecule has 0 atom stereocenters. The number of esters is 1. The minimum atomic E-state index is -0.446. The standard InChI is InChI=1S/C33H41NO5/c1-3-5-7-9-11-22-37-29-18-20-30(21-19-29)39-33(36)26-12-15-28(16-13-26)34-25-27-14-17-31(24-32(27)35)38-23-10-8-6-4-2/h12-21,24-25,35H,3-11,22-23H2,1-2H3. The molecule has 0 bridgehead atoms. The number of hydrogen-bond donors (Lipinski definition) is 1. The molecule has 208 valence electrons. The Kier molecular flexibility index (Phi) is 12.9. The Morgan fingerprint density at radius 3 is 1.92 bits per heavy atom. The number of benzene rings is 3. The summed E-state index contributed by atoms with van der Waals surface area (Å²) in [7, 11) is 0. The van der Waals surface area contributed by atoms with Crippen LogP contribution >= 0.6 is 0 Å². The predicted octanol–water partition coefficient (Wildman–Crippen LogP) is 8.67. The predicted molar refractivity (Wildman–Crippen MR) is 157 cm³/mol. The third kappa shape index (κ3) is 10.8. The van der Waals surface area contributed by atoms with Gasteiger partial charge >= 0.3 is 5.97 Å². The van der Waals surface area contributed by atoms with Gasteiger partial charge in [-0.15, -0.1) is 0 Å². The molecule has 1 N–H and O–H groups in total. The van der Waals surface area contributed by atoms with Gasteiger partial charge in [0, 0.05) is 17.8 Å². The van der Waals surface area contributed by atoms with Gasteiger partial charge in [0.2, 0.25) is 0 Å². The van der Waals surface area contributed by atoms with Crippen LogP contribution in [0.15, 0.2) is 71.7 Å². The summed E-state index contributed by atoms with van der Waals surface area (Å²) in [6.07, 6.45) is 12.1. The van der Waals surface area contributed by atoms with Crippen LogP contribution in [0.1, 0.15) is 87.6 Å². The van der Waals surface area contributed by atoms with Crippen molar-refractivity contribution in [3.05, 3.63) is 77.9 Å². The molecule has 0 aliphatic heterocycles. The molecule has 3 aromatic carbocycles. The molecule has 6 heteroatoms. The zero-order chi connectivity index (χ0) is 27.7. The van der Waals surface area contributed by atoms with Crippen molar-refractivity contribution in [2.75, 3.05) is 13.2 Å². The van der Waals surface area contributed by atoms with Gasteiger partial charge in [0.15, 0.2) is 0 Å². The maximum absolute atomic E-state index is 12.6. The molecule has 3 rings (SSSR count). The molecule has 6 nitrogen and oxygen atoms in total. The second kappa shape index (κ2) is 16.9. The van der Waals surface area contributed by atoms with E-state index in [4.69, 9.17) is 14.2 Å². The highest BCUT2D eigenvalue weighted by atomic mass is 16.5. The van der Waals surface area contributed by atoms with Crippen molar-refractivity contribution < 1.29 is 24.1 Å². The van der Waals surface area contributed by atoms with E-state index < -0.39 is 5.97 Å². The number of rotatable bonds is 17. The molecule has 0 fully saturated rings. The largest absolute Gasteiger partial charge is 0.507 e. The lowest BCUT2D eigenvalue weighted by atomic mass is 10.2. The van der Waals surface area contributed by atoms with Gasteiger partial charge in [-0.05, 0) is 73.5 Å². The summed E-state index contributed by atoms with van der Waals surface area (Å²) in [6, 6.07) is 19.1. The minimum absolute atomic E-state index is 0.105. The van der Waals surface area contributed by atoms with Gasteiger partial charge in [0.05, 0.1) is 24.5 Å². The van der Waals surface area contributed by atoms with Gasteiger partial charge in [-0.3, -0.25) is 4.99 Å². The maximum atomic E-state index is 12.6. The lowest BCUT2D eigenvalue weighted by molar-refractivity contribution is 0.0734. The summed E-state index contributed by atoms with van der Waals surface area (Å²) in [6.45, 7) is 5.71. The lowest BCUT2D eigenvalue weighted by Crippen LogP contribution is -2.08. The van der Waals surface area contributed by atoms with Crippen molar-refractivity contribution in [2.24, 2.45) is 4.99 Å². The molecule has 0 aliphatic carbocycles. The Morgan fingerprint density at radius 2 is 1.28 bits per heavy atom. The van der Waals surface area contributed by atoms with Crippen molar-refractivity contribution >= 4 is 17.9 Å². The molecular weight excluding hydrogens is 490 g/mol. The van der Waals surface area contributed by atoms with Crippen LogP contribution in [0.4, 0.5) is 5.69 Å². The van der Waals surface area contributed by atoms with Crippen LogP contribution in [0.5, 0.6) is 23.0 Å². The van der Waals surface area contributed by atoms with E-state index >= 15 is 0 Å². The fourth-order valence-electron chi connectivity index (χ4n) is 3.93. The first-order chi connectivity index (χ1) is 19.1. The van der Waals surface area contributed by atoms with Crippen LogP contribution in [0.2, 0.25) is 0 Å². The summed E-state index contributed by atoms with van der Waals surface area (Å²) < 4.78 is 17.0. The third-order valence-electron chi connectivity index (χ3n) is 6.28. The molecule has 0 aromatic heterocycles. The molecule has 0 heterocycles. The summed E-state index contributed by atoms with van der Waals surface area (Å²) >= 11 is 0. The number of nitrogens with zero attached hydrogens (tertiary/aromatic N) is 1. The molecule has 3 aromatic rings. The quantitative estimate of drug-likeness (QED) is 0.0816. The summed E-state index contributed by atoms with van der Waals surface area (Å²) in [5, 5.41) is 10.3. The van der Waals surface area contributed by atoms with Crippen molar-refractivity contribution in [3.8, 4) is 23.0 Å². The molecule has 0 radical (unpaired) electrons. The number of aliphatic imine (C=N–C) groups is 1. The van der Waals surface area contributed by atoms with Crippen LogP contribution in [0.25, 0.3) is 0 Å². The molecule has 0 saturated heterocycles. The summed E-state index contributed by atoms with van der Waals surface area (Å²) in [4.78, 5) is 17.0. The number of hydrogen-bond acceptors (Lipinski definition) is 6. The Hall–Kier alpha value is -3.80. The van der Waals surface area contributed by atoms with E-state index in [1.165, 1.54) is 38.5 Å². The topological polar surface area (TPSA) is 77.4 Å². The first kappa shape index (κ1) is 29.8. The van der Waals surface area contributed by atoms with Gasteiger partial charge in [-0.25, -0.2) is 4.79 Å². The van der Waals surface area contributed by atoms with E-state index in [0.717, 1.165) is 25.0 Å². The highest BCUT2D eigenvalue weighted by Crippen LogP contribution is 2.24. The molecule has 0 amide bonds. The van der Waals surface area contributed by atoms with Gasteiger partial charge in [-0.2, -0.15) is 0 Å². The molecule has 0 spiro atoms. The Morgan fingerprint density at radius 1 is 0.718 bits per heavy atom. The average Bonchev–Trinajstić information content (AvgIpc) is 2.95. The molecule has 0 unspecified atom stereocenters. The second-order valence-corrected chi connectivity index (χ2v) is 9.56. The Bertz CT molecular complexity index is 1160. The van der Waals surface area contributed by atoms with Crippen LogP contribution in [-0.4, -0.2) is 30.5 Å². The van der Waals surface area contributed by atoms with Crippen molar-refractivity contribution in [1.82, 2.24) is 0 Å². The van der Waals surface area contributed by atoms with Gasteiger partial charge in [-0.1, -0.05) is 58.8 Å². The number of phenols is 1. The van der Waals surface area contributed by atoms with E-state index in [0.29, 0.717) is 41.5 Å². The Balaban J connectivity index is 1.45. The molecule has 0 aliphatic rings. The summed E-state index contributed by atoms with van der Waals surface area (Å²) in [5.74, 6) is 1.53. The smallest absolute Gasteiger partial charge is 0.343 e. The van der Waals surface area contributed by atoms with E-state index in [2.05, 4.69) is 18.8 Å². The van der Waals surface area contributed by atoms with Crippen LogP contribution in [0, 0.1) is 0 Å². The van der Waals surface area contributed by atoms with Crippen LogP contribution in [-0.2, 0) is 0 Å². The van der Waals surface area contributed by atoms with Gasteiger partial charge < -0.3 is 19.3 Å². The normalized spacial score (nSPS) is 11.0. The minimum Gasteiger partial charge on any atom is -0.507 e. The van der Waals surface area contributed by atoms with Crippen LogP contribution < -0.4 is 14.2 Å². The number of unbranched alkanes of at least 4 members (excludes halogenated alkanes) is 7. The first-order valence-corrected chi connectivity index (χ1v) is 14.1. The fraction of sp³-hybridized carbons (Fsp3) is 0.394. The number of carbonyl (C=O) groups excluding carboxylic acids is 1. The van der Waals surface area contributed by atoms with E-state index in [1.807, 2.05) is 18.2 Å². The average molecular weight is 532 g/mol. The molecule has 39 heavy (non-hydrogen) atoms. The highest BCUT2D eigenvalue weighted by Gasteiger charge is 2.09. The SMILES string of the molecule is CCCCCCCOc1ccc(OC(=O)c2ccc(N=Cc3ccc(OCCCCCC)cc3O)cc2)cc1. The van der Waals surface area contributed by atoms with Crippen molar-refractivity contribution in [2.45, 2.75) is 71.6 Å². The maximum Gasteiger partial charge on any atom is 0.343 e. The monoisotopic (exact) mass is 531 g/mol. The highest BCUT2D eigenvalue weighted by molar-refractivity contribution is 5.91. The molecular formula is C33H41NO5. The number of phenolic OH excluding ortho intramolecular Hbond substituents is 1. The lowest BCUT2D eigenvalue weighted by Gasteiger charge is -2.08. The van der Waals surface area contributed by atoms with Gasteiger partial charge in [0.25, 0.3) is 0 Å². The van der Waals surface area contributed by atoms with Crippen molar-refractivity contribution in [1.29, 1.82) is 0 Å². The number of aromatic hydroxyl groups is 1. The summed E-state index contributed by atoms with van der Waals surface area (Å²) in [5.41, 5.74) is 1.66. The van der Waals surface area contributed by atoms with Gasteiger partial charge in [0.1, 0.15) is 23.0 Å². The van der Waals surface area contributed by atoms with Crippen molar-refractivity contribution in [3.63, 3.8) is 0 Å². The molecule has 0 saturated carbocycles. The zero-order valence-electron chi connectivity index (χ0n) is 23.2. The third-order valence-corrected chi connectivity index (χ3v) is 6.28. The zero-order valence-corrected chi connectivity index (χ0v) is 23.2. The number of carbonyl (C=O) groups is 1. The second-order valence-electron chi connectivity index (χ2n) is 9.56.